The van der Waals surface area contributed by atoms with Crippen LogP contribution in [0.3, 0.4) is 0 Å². The average molecular weight is 515 g/mol. The Hall–Kier alpha value is -0.870. The molecule has 2 bridgehead atoms. The number of nitrogens with zero attached hydrogens (tertiary/aromatic N) is 2. The SMILES string of the molecule is O=C(OC1([C@H]2COC[C@@H](CC3CC3)N2S(=O)(=O)c2ccc(Cl)s2)CC1)N1C2CCCC1CC2. The molecule has 3 saturated heterocycles. The molecule has 182 valence electrons. The minimum atomic E-state index is -3.79. The summed E-state index contributed by atoms with van der Waals surface area (Å²) in [6, 6.07) is 3.00. The van der Waals surface area contributed by atoms with Crippen LogP contribution in [0.5, 0.6) is 0 Å². The third kappa shape index (κ3) is 4.11. The first kappa shape index (κ1) is 22.6. The van der Waals surface area contributed by atoms with E-state index in [2.05, 4.69) is 0 Å². The second kappa shape index (κ2) is 8.36. The molecule has 2 aliphatic carbocycles. The van der Waals surface area contributed by atoms with Crippen LogP contribution in [0.4, 0.5) is 4.79 Å². The van der Waals surface area contributed by atoms with E-state index in [0.29, 0.717) is 29.7 Å². The van der Waals surface area contributed by atoms with Crippen molar-refractivity contribution in [1.82, 2.24) is 9.21 Å². The number of piperidine rings is 1. The summed E-state index contributed by atoms with van der Waals surface area (Å²) in [5.74, 6) is 0.545. The van der Waals surface area contributed by atoms with Crippen molar-refractivity contribution < 1.29 is 22.7 Å². The van der Waals surface area contributed by atoms with E-state index in [-0.39, 0.29) is 35.0 Å². The van der Waals surface area contributed by atoms with E-state index in [1.807, 2.05) is 4.90 Å². The zero-order chi connectivity index (χ0) is 22.8. The standard InChI is InChI=1S/C23H31ClN2O5S2/c24-20-8-9-21(32-20)33(28,29)26-18(12-15-4-5-15)13-30-14-19(26)23(10-11-23)31-22(27)25-16-2-1-3-17(25)7-6-16/h8-9,15-19H,1-7,10-14H2/t16?,17?,18-,19-/m1/s1. The molecule has 7 nitrogen and oxygen atoms in total. The number of rotatable bonds is 6. The first-order chi connectivity index (χ1) is 15.9. The molecule has 4 heterocycles. The molecular weight excluding hydrogens is 484 g/mol. The molecule has 4 atom stereocenters. The fraction of sp³-hybridized carbons (Fsp3) is 0.783. The van der Waals surface area contributed by atoms with Gasteiger partial charge in [0, 0.05) is 18.1 Å². The average Bonchev–Trinajstić information content (AvgIpc) is 3.70. The summed E-state index contributed by atoms with van der Waals surface area (Å²) < 4.78 is 42.3. The third-order valence-corrected chi connectivity index (χ3v) is 11.8. The molecule has 2 unspecified atom stereocenters. The van der Waals surface area contributed by atoms with Crippen LogP contribution >= 0.6 is 22.9 Å². The molecule has 33 heavy (non-hydrogen) atoms. The van der Waals surface area contributed by atoms with Gasteiger partial charge in [-0.2, -0.15) is 4.31 Å². The molecule has 0 N–H and O–H groups in total. The lowest BCUT2D eigenvalue weighted by Gasteiger charge is -2.44. The summed E-state index contributed by atoms with van der Waals surface area (Å²) in [5.41, 5.74) is -0.801. The zero-order valence-electron chi connectivity index (χ0n) is 18.7. The topological polar surface area (TPSA) is 76.1 Å². The van der Waals surface area contributed by atoms with E-state index < -0.39 is 21.7 Å². The van der Waals surface area contributed by atoms with Gasteiger partial charge >= 0.3 is 6.09 Å². The first-order valence-electron chi connectivity index (χ1n) is 12.3. The van der Waals surface area contributed by atoms with Crippen molar-refractivity contribution in [3.8, 4) is 0 Å². The van der Waals surface area contributed by atoms with Crippen LogP contribution in [-0.2, 0) is 19.5 Å². The smallest absolute Gasteiger partial charge is 0.410 e. The Kier molecular flexibility index (Phi) is 5.72. The van der Waals surface area contributed by atoms with Crippen LogP contribution in [-0.4, -0.2) is 66.7 Å². The predicted octanol–water partition coefficient (Wildman–Crippen LogP) is 4.65. The molecule has 1 amide bonds. The Morgan fingerprint density at radius 2 is 1.85 bits per heavy atom. The molecule has 3 aliphatic heterocycles. The van der Waals surface area contributed by atoms with Crippen molar-refractivity contribution in [2.75, 3.05) is 13.2 Å². The molecule has 1 aromatic rings. The summed E-state index contributed by atoms with van der Waals surface area (Å²) in [6.45, 7) is 0.630. The molecule has 5 aliphatic rings. The number of thiophene rings is 1. The molecule has 6 rings (SSSR count). The van der Waals surface area contributed by atoms with Crippen LogP contribution in [0.15, 0.2) is 16.3 Å². The number of ether oxygens (including phenoxy) is 2. The maximum atomic E-state index is 13.9. The van der Waals surface area contributed by atoms with E-state index in [1.54, 1.807) is 16.4 Å². The summed E-state index contributed by atoms with van der Waals surface area (Å²) >= 11 is 7.18. The monoisotopic (exact) mass is 514 g/mol. The van der Waals surface area contributed by atoms with Crippen LogP contribution in [0, 0.1) is 5.92 Å². The largest absolute Gasteiger partial charge is 0.441 e. The highest BCUT2D eigenvalue weighted by molar-refractivity contribution is 7.91. The van der Waals surface area contributed by atoms with E-state index in [9.17, 15) is 13.2 Å². The minimum absolute atomic E-state index is 0.246. The Morgan fingerprint density at radius 3 is 2.45 bits per heavy atom. The predicted molar refractivity (Wildman–Crippen MR) is 125 cm³/mol. The van der Waals surface area contributed by atoms with Crippen molar-refractivity contribution >= 4 is 39.1 Å². The fourth-order valence-electron chi connectivity index (χ4n) is 6.18. The fourth-order valence-corrected chi connectivity index (χ4v) is 9.62. The highest BCUT2D eigenvalue weighted by Crippen LogP contribution is 2.50. The van der Waals surface area contributed by atoms with Gasteiger partial charge in [0.25, 0.3) is 10.0 Å². The summed E-state index contributed by atoms with van der Waals surface area (Å²) in [7, 11) is -3.79. The highest BCUT2D eigenvalue weighted by Gasteiger charge is 2.61. The van der Waals surface area contributed by atoms with Gasteiger partial charge in [-0.25, -0.2) is 13.2 Å². The second-order valence-electron chi connectivity index (χ2n) is 10.4. The lowest BCUT2D eigenvalue weighted by Crippen LogP contribution is -2.61. The summed E-state index contributed by atoms with van der Waals surface area (Å²) in [5, 5.41) is 0. The number of halogens is 1. The van der Waals surface area contributed by atoms with Gasteiger partial charge < -0.3 is 14.4 Å². The number of carbonyl (C=O) groups is 1. The van der Waals surface area contributed by atoms with Crippen LogP contribution in [0.2, 0.25) is 4.34 Å². The Morgan fingerprint density at radius 1 is 1.12 bits per heavy atom. The van der Waals surface area contributed by atoms with Gasteiger partial charge in [-0.15, -0.1) is 11.3 Å². The maximum absolute atomic E-state index is 13.9. The van der Waals surface area contributed by atoms with Gasteiger partial charge in [-0.3, -0.25) is 0 Å². The van der Waals surface area contributed by atoms with E-state index in [4.69, 9.17) is 21.1 Å². The number of amides is 1. The lowest BCUT2D eigenvalue weighted by atomic mass is 10.0. The molecule has 2 saturated carbocycles. The van der Waals surface area contributed by atoms with Crippen molar-refractivity contribution in [3.63, 3.8) is 0 Å². The number of hydrogen-bond donors (Lipinski definition) is 0. The number of fused-ring (bicyclic) bond motifs is 2. The van der Waals surface area contributed by atoms with Crippen molar-refractivity contribution in [2.45, 2.75) is 98.2 Å². The lowest BCUT2D eigenvalue weighted by molar-refractivity contribution is -0.0763. The molecular formula is C23H31ClN2O5S2. The Balaban J connectivity index is 1.29. The quantitative estimate of drug-likeness (QED) is 0.552. The number of morpholine rings is 1. The third-order valence-electron chi connectivity index (χ3n) is 8.18. The van der Waals surface area contributed by atoms with Crippen molar-refractivity contribution in [1.29, 1.82) is 0 Å². The summed E-state index contributed by atoms with van der Waals surface area (Å²) in [6.07, 6.45) is 9.46. The van der Waals surface area contributed by atoms with Gasteiger partial charge in [-0.1, -0.05) is 24.4 Å². The molecule has 0 radical (unpaired) electrons. The van der Waals surface area contributed by atoms with Crippen molar-refractivity contribution in [2.24, 2.45) is 5.92 Å². The van der Waals surface area contributed by atoms with Gasteiger partial charge in [0.05, 0.1) is 23.6 Å². The van der Waals surface area contributed by atoms with Gasteiger partial charge in [-0.05, 0) is 69.4 Å². The number of sulfonamides is 1. The minimum Gasteiger partial charge on any atom is -0.441 e. The Labute approximate surface area is 204 Å². The Bertz CT molecular complexity index is 1010. The molecule has 0 spiro atoms. The highest BCUT2D eigenvalue weighted by atomic mass is 35.5. The van der Waals surface area contributed by atoms with Crippen LogP contribution in [0.25, 0.3) is 0 Å². The van der Waals surface area contributed by atoms with Gasteiger partial charge in [0.2, 0.25) is 0 Å². The van der Waals surface area contributed by atoms with Crippen LogP contribution < -0.4 is 0 Å². The maximum Gasteiger partial charge on any atom is 0.410 e. The van der Waals surface area contributed by atoms with Gasteiger partial charge in [0.15, 0.2) is 0 Å². The first-order valence-corrected chi connectivity index (χ1v) is 14.9. The summed E-state index contributed by atoms with van der Waals surface area (Å²) in [4.78, 5) is 15.3. The number of hydrogen-bond acceptors (Lipinski definition) is 6. The molecule has 0 aromatic carbocycles. The molecule has 10 heteroatoms. The van der Waals surface area contributed by atoms with E-state index in [0.717, 1.165) is 56.3 Å². The molecule has 5 fully saturated rings. The van der Waals surface area contributed by atoms with Crippen molar-refractivity contribution in [3.05, 3.63) is 16.5 Å². The van der Waals surface area contributed by atoms with Crippen LogP contribution in [0.1, 0.15) is 64.2 Å². The second-order valence-corrected chi connectivity index (χ2v) is 14.2. The van der Waals surface area contributed by atoms with Gasteiger partial charge in [0.1, 0.15) is 9.81 Å². The van der Waals surface area contributed by atoms with E-state index in [1.165, 1.54) is 6.42 Å². The number of carbonyl (C=O) groups excluding carboxylic acids is 1. The molecule has 1 aromatic heterocycles. The van der Waals surface area contributed by atoms with E-state index >= 15 is 0 Å². The normalized spacial score (nSPS) is 33.8. The zero-order valence-corrected chi connectivity index (χ0v) is 21.0.